The van der Waals surface area contributed by atoms with Crippen LogP contribution in [0.3, 0.4) is 0 Å². The Labute approximate surface area is 205 Å². The molecule has 0 spiro atoms. The number of alkyl halides is 1. The van der Waals surface area contributed by atoms with E-state index in [1.54, 1.807) is 32.0 Å². The predicted octanol–water partition coefficient (Wildman–Crippen LogP) is 1.66. The first kappa shape index (κ1) is 27.8. The first-order valence-corrected chi connectivity index (χ1v) is 12.7. The fraction of sp³-hybridized carbons (Fsp3) is 0.500. The number of H-pyrrole nitrogens is 1. The lowest BCUT2D eigenvalue weighted by Gasteiger charge is -2.25. The largest absolute Gasteiger partial charge is 0.462 e. The Morgan fingerprint density at radius 2 is 1.94 bits per heavy atom. The Balaban J connectivity index is 1.80. The highest BCUT2D eigenvalue weighted by molar-refractivity contribution is 7.52. The predicted molar refractivity (Wildman–Crippen MR) is 125 cm³/mol. The average molecular weight is 529 g/mol. The van der Waals surface area contributed by atoms with Crippen molar-refractivity contribution in [3.8, 4) is 5.75 Å². The Bertz CT molecular complexity index is 1220. The Morgan fingerprint density at radius 3 is 2.56 bits per heavy atom. The van der Waals surface area contributed by atoms with Crippen molar-refractivity contribution in [2.24, 2.45) is 0 Å². The number of benzene rings is 1. The third-order valence-electron chi connectivity index (χ3n) is 5.26. The quantitative estimate of drug-likeness (QED) is 0.305. The fourth-order valence-electron chi connectivity index (χ4n) is 3.47. The van der Waals surface area contributed by atoms with Crippen molar-refractivity contribution in [3.05, 3.63) is 63.4 Å². The number of halogens is 1. The molecule has 0 bridgehead atoms. The van der Waals surface area contributed by atoms with Gasteiger partial charge in [0, 0.05) is 12.3 Å². The maximum Gasteiger partial charge on any atom is 0.459 e. The van der Waals surface area contributed by atoms with Crippen LogP contribution < -0.4 is 20.9 Å². The zero-order valence-electron chi connectivity index (χ0n) is 20.1. The van der Waals surface area contributed by atoms with Crippen molar-refractivity contribution >= 4 is 13.7 Å². The van der Waals surface area contributed by atoms with Gasteiger partial charge in [-0.1, -0.05) is 18.2 Å². The van der Waals surface area contributed by atoms with Gasteiger partial charge in [0.1, 0.15) is 24.0 Å². The number of rotatable bonds is 10. The molecule has 1 aliphatic rings. The Hall–Kier alpha value is -2.83. The molecule has 0 radical (unpaired) electrons. The number of carbonyl (C=O) groups excluding carboxylic acids is 1. The number of aromatic nitrogens is 2. The van der Waals surface area contributed by atoms with E-state index in [1.807, 2.05) is 4.98 Å². The van der Waals surface area contributed by atoms with Crippen LogP contribution in [0.2, 0.25) is 0 Å². The minimum absolute atomic E-state index is 0.152. The SMILES string of the molecule is CC(C)OC(=O)[C@H](C)NP(=O)(OC[C@H]1O[C@@H](n2ccc(=O)[nH]c2=O)[C@](C)(F)C1O)Oc1ccccc1. The molecule has 1 aromatic heterocycles. The summed E-state index contributed by atoms with van der Waals surface area (Å²) in [5.74, 6) is -0.560. The molecule has 6 atom stereocenters. The lowest BCUT2D eigenvalue weighted by molar-refractivity contribution is -0.149. The maximum atomic E-state index is 15.4. The van der Waals surface area contributed by atoms with Crippen molar-refractivity contribution in [1.29, 1.82) is 0 Å². The monoisotopic (exact) mass is 529 g/mol. The number of carbonyl (C=O) groups is 1. The summed E-state index contributed by atoms with van der Waals surface area (Å²) in [6, 6.07) is 7.86. The highest BCUT2D eigenvalue weighted by Crippen LogP contribution is 2.47. The van der Waals surface area contributed by atoms with Crippen molar-refractivity contribution in [1.82, 2.24) is 14.6 Å². The molecular formula is C22H29FN3O9P. The van der Waals surface area contributed by atoms with Gasteiger partial charge in [0.15, 0.2) is 11.9 Å². The van der Waals surface area contributed by atoms with Crippen LogP contribution in [0.1, 0.15) is 33.9 Å². The number of aliphatic hydroxyl groups excluding tert-OH is 1. The number of para-hydroxylation sites is 1. The molecule has 36 heavy (non-hydrogen) atoms. The van der Waals surface area contributed by atoms with Crippen molar-refractivity contribution in [2.45, 2.75) is 63.9 Å². The fourth-order valence-corrected chi connectivity index (χ4v) is 4.97. The van der Waals surface area contributed by atoms with E-state index >= 15 is 4.39 Å². The van der Waals surface area contributed by atoms with E-state index in [1.165, 1.54) is 19.1 Å². The van der Waals surface area contributed by atoms with Crippen molar-refractivity contribution in [2.75, 3.05) is 6.61 Å². The standard InChI is InChI=1S/C22H29FN3O9P/c1-13(2)33-19(29)14(3)25-36(31,35-15-8-6-5-7-9-15)32-12-16-18(28)22(4,23)20(34-16)26-11-10-17(27)24-21(26)30/h5-11,13-14,16,18,20,28H,12H2,1-4H3,(H,25,31)(H,24,27,30)/t14-,16+,18?,20+,22+,36?/m0/s1. The van der Waals surface area contributed by atoms with Crippen molar-refractivity contribution < 1.29 is 37.4 Å². The second-order valence-corrected chi connectivity index (χ2v) is 10.4. The summed E-state index contributed by atoms with van der Waals surface area (Å²) in [5, 5.41) is 13.0. The Morgan fingerprint density at radius 1 is 1.28 bits per heavy atom. The third-order valence-corrected chi connectivity index (χ3v) is 6.90. The molecule has 2 heterocycles. The van der Waals surface area contributed by atoms with Crippen LogP contribution in [0.5, 0.6) is 5.75 Å². The summed E-state index contributed by atoms with van der Waals surface area (Å²) in [6.07, 6.45) is -4.21. The number of hydrogen-bond acceptors (Lipinski definition) is 9. The molecule has 1 saturated heterocycles. The number of hydrogen-bond donors (Lipinski definition) is 3. The van der Waals surface area contributed by atoms with Gasteiger partial charge in [0.05, 0.1) is 12.7 Å². The van der Waals surface area contributed by atoms with E-state index < -0.39 is 67.8 Å². The van der Waals surface area contributed by atoms with Gasteiger partial charge in [-0.25, -0.2) is 13.8 Å². The highest BCUT2D eigenvalue weighted by atomic mass is 31.2. The zero-order chi connectivity index (χ0) is 26.7. The molecule has 1 aliphatic heterocycles. The topological polar surface area (TPSA) is 158 Å². The van der Waals surface area contributed by atoms with Gasteiger partial charge in [0.25, 0.3) is 5.56 Å². The van der Waals surface area contributed by atoms with E-state index in [4.69, 9.17) is 18.5 Å². The molecule has 1 fully saturated rings. The average Bonchev–Trinajstić information content (AvgIpc) is 3.01. The Kier molecular flexibility index (Phi) is 8.52. The van der Waals surface area contributed by atoms with Crippen LogP contribution in [-0.4, -0.2) is 57.3 Å². The van der Waals surface area contributed by atoms with Gasteiger partial charge in [-0.05, 0) is 39.8 Å². The zero-order valence-corrected chi connectivity index (χ0v) is 21.0. The number of aromatic amines is 1. The van der Waals surface area contributed by atoms with Crippen molar-refractivity contribution in [3.63, 3.8) is 0 Å². The number of esters is 1. The van der Waals surface area contributed by atoms with E-state index in [-0.39, 0.29) is 5.75 Å². The second-order valence-electron chi connectivity index (χ2n) is 8.67. The minimum Gasteiger partial charge on any atom is -0.462 e. The van der Waals surface area contributed by atoms with E-state index in [0.717, 1.165) is 23.8 Å². The number of ether oxygens (including phenoxy) is 2. The summed E-state index contributed by atoms with van der Waals surface area (Å²) >= 11 is 0. The summed E-state index contributed by atoms with van der Waals surface area (Å²) in [6.45, 7) is 5.07. The first-order chi connectivity index (χ1) is 16.8. The smallest absolute Gasteiger partial charge is 0.459 e. The van der Waals surface area contributed by atoms with Gasteiger partial charge < -0.3 is 19.1 Å². The molecule has 198 valence electrons. The molecule has 0 aliphatic carbocycles. The van der Waals surface area contributed by atoms with Gasteiger partial charge in [-0.15, -0.1) is 0 Å². The van der Waals surface area contributed by atoms with Crippen LogP contribution in [0.25, 0.3) is 0 Å². The normalized spacial score (nSPS) is 26.4. The molecule has 0 saturated carbocycles. The molecule has 2 aromatic rings. The first-order valence-electron chi connectivity index (χ1n) is 11.1. The van der Waals surface area contributed by atoms with E-state index in [2.05, 4.69) is 5.09 Å². The third kappa shape index (κ3) is 6.48. The highest BCUT2D eigenvalue weighted by Gasteiger charge is 2.55. The van der Waals surface area contributed by atoms with Gasteiger partial charge >= 0.3 is 19.4 Å². The maximum absolute atomic E-state index is 15.4. The summed E-state index contributed by atoms with van der Waals surface area (Å²) < 4.78 is 51.4. The molecule has 12 nitrogen and oxygen atoms in total. The van der Waals surface area contributed by atoms with Gasteiger partial charge in [-0.2, -0.15) is 5.09 Å². The number of nitrogens with zero attached hydrogens (tertiary/aromatic N) is 1. The molecule has 2 unspecified atom stereocenters. The second kappa shape index (κ2) is 11.1. The number of aliphatic hydroxyl groups is 1. The molecule has 1 aromatic carbocycles. The lowest BCUT2D eigenvalue weighted by Crippen LogP contribution is -2.43. The molecular weight excluding hydrogens is 500 g/mol. The minimum atomic E-state index is -4.30. The van der Waals surface area contributed by atoms with Crippen LogP contribution in [0.15, 0.2) is 52.2 Å². The van der Waals surface area contributed by atoms with Crippen LogP contribution in [-0.2, 0) is 23.4 Å². The van der Waals surface area contributed by atoms with Gasteiger partial charge in [-0.3, -0.25) is 23.7 Å². The summed E-state index contributed by atoms with van der Waals surface area (Å²) in [5.41, 5.74) is -4.12. The number of nitrogens with one attached hydrogen (secondary N) is 2. The van der Waals surface area contributed by atoms with Crippen LogP contribution in [0, 0.1) is 0 Å². The van der Waals surface area contributed by atoms with Gasteiger partial charge in [0.2, 0.25) is 0 Å². The van der Waals surface area contributed by atoms with Crippen LogP contribution >= 0.6 is 7.75 Å². The molecule has 3 N–H and O–H groups in total. The van der Waals surface area contributed by atoms with Crippen LogP contribution in [0.4, 0.5) is 4.39 Å². The van der Waals surface area contributed by atoms with E-state index in [9.17, 15) is 24.1 Å². The summed E-state index contributed by atoms with van der Waals surface area (Å²) in [7, 11) is -4.30. The molecule has 14 heteroatoms. The summed E-state index contributed by atoms with van der Waals surface area (Å²) in [4.78, 5) is 37.7. The molecule has 3 rings (SSSR count). The molecule has 0 amide bonds. The lowest BCUT2D eigenvalue weighted by atomic mass is 9.98. The van der Waals surface area contributed by atoms with E-state index in [0.29, 0.717) is 0 Å².